The van der Waals surface area contributed by atoms with Crippen molar-refractivity contribution in [1.29, 1.82) is 0 Å². The summed E-state index contributed by atoms with van der Waals surface area (Å²) in [5.74, 6) is 0. The Bertz CT molecular complexity index is 209. The third kappa shape index (κ3) is 12.2. The number of nitrogens with zero attached hydrogens (tertiary/aromatic N) is 1. The van der Waals surface area contributed by atoms with E-state index < -0.39 is 12.7 Å². The van der Waals surface area contributed by atoms with E-state index in [-0.39, 0.29) is 5.54 Å². The highest BCUT2D eigenvalue weighted by molar-refractivity contribution is 4.69. The lowest BCUT2D eigenvalue weighted by atomic mass is 10.1. The van der Waals surface area contributed by atoms with Gasteiger partial charge in [-0.15, -0.1) is 0 Å². The summed E-state index contributed by atoms with van der Waals surface area (Å²) in [6, 6.07) is 0. The van der Waals surface area contributed by atoms with E-state index in [4.69, 9.17) is 0 Å². The first-order valence-corrected chi connectivity index (χ1v) is 6.68. The Hall–Kier alpha value is -0.290. The monoisotopic (exact) mass is 268 g/mol. The van der Waals surface area contributed by atoms with Gasteiger partial charge in [-0.3, -0.25) is 4.90 Å². The quantitative estimate of drug-likeness (QED) is 0.678. The predicted octanol–water partition coefficient (Wildman–Crippen LogP) is 3.43. The summed E-state index contributed by atoms with van der Waals surface area (Å²) in [6.45, 7) is 9.22. The zero-order valence-corrected chi connectivity index (χ0v) is 12.0. The molecular weight excluding hydrogens is 241 g/mol. The van der Waals surface area contributed by atoms with Crippen LogP contribution in [-0.4, -0.2) is 42.8 Å². The summed E-state index contributed by atoms with van der Waals surface area (Å²) in [6.07, 6.45) is -1.27. The number of halogens is 3. The van der Waals surface area contributed by atoms with Crippen LogP contribution in [-0.2, 0) is 0 Å². The van der Waals surface area contributed by atoms with Gasteiger partial charge < -0.3 is 5.32 Å². The van der Waals surface area contributed by atoms with E-state index in [1.54, 1.807) is 6.92 Å². The second kappa shape index (κ2) is 8.00. The molecule has 0 aliphatic carbocycles. The highest BCUT2D eigenvalue weighted by Crippen LogP contribution is 2.16. The molecule has 0 unspecified atom stereocenters. The minimum absolute atomic E-state index is 0.117. The van der Waals surface area contributed by atoms with Crippen LogP contribution in [0.3, 0.4) is 0 Å². The molecule has 0 spiro atoms. The van der Waals surface area contributed by atoms with Gasteiger partial charge in [0.05, 0.1) is 6.54 Å². The molecule has 0 rings (SSSR count). The molecule has 0 amide bonds. The molecule has 1 N–H and O–H groups in total. The van der Waals surface area contributed by atoms with Crippen LogP contribution in [0.2, 0.25) is 0 Å². The summed E-state index contributed by atoms with van der Waals surface area (Å²) >= 11 is 0. The molecule has 0 aromatic rings. The maximum absolute atomic E-state index is 12.2. The Morgan fingerprint density at radius 2 is 1.61 bits per heavy atom. The molecule has 0 atom stereocenters. The summed E-state index contributed by atoms with van der Waals surface area (Å²) in [5.41, 5.74) is 0.117. The van der Waals surface area contributed by atoms with Crippen molar-refractivity contribution in [2.45, 2.75) is 58.7 Å². The molecule has 0 saturated heterocycles. The van der Waals surface area contributed by atoms with Gasteiger partial charge in [-0.05, 0) is 53.2 Å². The highest BCUT2D eigenvalue weighted by Gasteiger charge is 2.29. The Morgan fingerprint density at radius 3 is 2.06 bits per heavy atom. The molecule has 2 nitrogen and oxygen atoms in total. The van der Waals surface area contributed by atoms with Crippen molar-refractivity contribution >= 4 is 0 Å². The summed E-state index contributed by atoms with van der Waals surface area (Å²) in [5, 5.41) is 3.37. The highest BCUT2D eigenvalue weighted by atomic mass is 19.4. The fourth-order valence-electron chi connectivity index (χ4n) is 1.70. The van der Waals surface area contributed by atoms with E-state index in [1.165, 1.54) is 4.90 Å². The molecule has 18 heavy (non-hydrogen) atoms. The Labute approximate surface area is 109 Å². The van der Waals surface area contributed by atoms with Crippen LogP contribution in [0.5, 0.6) is 0 Å². The van der Waals surface area contributed by atoms with Crippen LogP contribution in [0.25, 0.3) is 0 Å². The molecule has 0 aliphatic rings. The summed E-state index contributed by atoms with van der Waals surface area (Å²) in [7, 11) is 0. The normalized spacial score (nSPS) is 13.3. The summed E-state index contributed by atoms with van der Waals surface area (Å²) in [4.78, 5) is 1.46. The Balaban J connectivity index is 3.57. The van der Waals surface area contributed by atoms with Crippen LogP contribution in [0, 0.1) is 0 Å². The van der Waals surface area contributed by atoms with Gasteiger partial charge in [0.2, 0.25) is 0 Å². The minimum Gasteiger partial charge on any atom is -0.312 e. The second-order valence-corrected chi connectivity index (χ2v) is 5.72. The molecule has 0 aromatic carbocycles. The third-order valence-corrected chi connectivity index (χ3v) is 2.66. The molecule has 0 aromatic heterocycles. The van der Waals surface area contributed by atoms with Crippen molar-refractivity contribution in [2.24, 2.45) is 0 Å². The van der Waals surface area contributed by atoms with Gasteiger partial charge in [0.1, 0.15) is 0 Å². The molecule has 110 valence electrons. The lowest BCUT2D eigenvalue weighted by Gasteiger charge is -2.22. The van der Waals surface area contributed by atoms with Crippen molar-refractivity contribution < 1.29 is 13.2 Å². The van der Waals surface area contributed by atoms with E-state index in [0.717, 1.165) is 25.8 Å². The van der Waals surface area contributed by atoms with Crippen LogP contribution >= 0.6 is 0 Å². The molecule has 0 aliphatic heterocycles. The topological polar surface area (TPSA) is 15.3 Å². The maximum atomic E-state index is 12.2. The lowest BCUT2D eigenvalue weighted by Crippen LogP contribution is -2.36. The van der Waals surface area contributed by atoms with Crippen LogP contribution in [0.1, 0.15) is 47.0 Å². The van der Waals surface area contributed by atoms with Crippen molar-refractivity contribution in [2.75, 3.05) is 26.2 Å². The van der Waals surface area contributed by atoms with Gasteiger partial charge in [-0.1, -0.05) is 13.3 Å². The van der Waals surface area contributed by atoms with Crippen LogP contribution in [0.4, 0.5) is 13.2 Å². The SMILES string of the molecule is CCN(CCCCCNC(C)(C)C)CC(F)(F)F. The van der Waals surface area contributed by atoms with Gasteiger partial charge in [-0.25, -0.2) is 0 Å². The van der Waals surface area contributed by atoms with E-state index in [1.807, 2.05) is 0 Å². The lowest BCUT2D eigenvalue weighted by molar-refractivity contribution is -0.145. The smallest absolute Gasteiger partial charge is 0.312 e. The number of hydrogen-bond acceptors (Lipinski definition) is 2. The molecular formula is C13H27F3N2. The molecule has 0 radical (unpaired) electrons. The van der Waals surface area contributed by atoms with Crippen molar-refractivity contribution in [1.82, 2.24) is 10.2 Å². The fraction of sp³-hybridized carbons (Fsp3) is 1.00. The number of nitrogens with one attached hydrogen (secondary N) is 1. The van der Waals surface area contributed by atoms with Crippen molar-refractivity contribution in [3.8, 4) is 0 Å². The number of hydrogen-bond donors (Lipinski definition) is 1. The molecule has 0 heterocycles. The van der Waals surface area contributed by atoms with Gasteiger partial charge >= 0.3 is 6.18 Å². The number of rotatable bonds is 8. The van der Waals surface area contributed by atoms with Crippen molar-refractivity contribution in [3.05, 3.63) is 0 Å². The first kappa shape index (κ1) is 17.7. The standard InChI is InChI=1S/C13H27F3N2/c1-5-18(11-13(14,15)16)10-8-6-7-9-17-12(2,3)4/h17H,5-11H2,1-4H3. The Morgan fingerprint density at radius 1 is 1.00 bits per heavy atom. The van der Waals surface area contributed by atoms with Crippen LogP contribution in [0.15, 0.2) is 0 Å². The minimum atomic E-state index is -4.08. The van der Waals surface area contributed by atoms with Gasteiger partial charge in [0, 0.05) is 5.54 Å². The molecule has 0 saturated carbocycles. The average Bonchev–Trinajstić information content (AvgIpc) is 2.18. The first-order chi connectivity index (χ1) is 8.14. The number of unbranched alkanes of at least 4 members (excludes halogenated alkanes) is 2. The zero-order chi connectivity index (χ0) is 14.2. The third-order valence-electron chi connectivity index (χ3n) is 2.66. The molecule has 0 fully saturated rings. The predicted molar refractivity (Wildman–Crippen MR) is 69.8 cm³/mol. The van der Waals surface area contributed by atoms with E-state index in [2.05, 4.69) is 26.1 Å². The van der Waals surface area contributed by atoms with Crippen LogP contribution < -0.4 is 5.32 Å². The second-order valence-electron chi connectivity index (χ2n) is 5.72. The van der Waals surface area contributed by atoms with E-state index in [0.29, 0.717) is 13.1 Å². The summed E-state index contributed by atoms with van der Waals surface area (Å²) < 4.78 is 36.6. The Kier molecular flexibility index (Phi) is 7.87. The van der Waals surface area contributed by atoms with Gasteiger partial charge in [-0.2, -0.15) is 13.2 Å². The fourth-order valence-corrected chi connectivity index (χ4v) is 1.70. The van der Waals surface area contributed by atoms with Gasteiger partial charge in [0.25, 0.3) is 0 Å². The first-order valence-electron chi connectivity index (χ1n) is 6.68. The molecule has 0 bridgehead atoms. The van der Waals surface area contributed by atoms with E-state index >= 15 is 0 Å². The maximum Gasteiger partial charge on any atom is 0.401 e. The van der Waals surface area contributed by atoms with Crippen molar-refractivity contribution in [3.63, 3.8) is 0 Å². The van der Waals surface area contributed by atoms with E-state index in [9.17, 15) is 13.2 Å². The average molecular weight is 268 g/mol. The zero-order valence-electron chi connectivity index (χ0n) is 12.0. The molecule has 5 heteroatoms. The largest absolute Gasteiger partial charge is 0.401 e. The number of alkyl halides is 3. The van der Waals surface area contributed by atoms with Gasteiger partial charge in [0.15, 0.2) is 0 Å².